The van der Waals surface area contributed by atoms with Crippen molar-refractivity contribution >= 4 is 6.29 Å². The molecule has 1 aliphatic heterocycles. The number of allylic oxidation sites excluding steroid dienone is 2. The summed E-state index contributed by atoms with van der Waals surface area (Å²) in [7, 11) is 0. The molecule has 0 aromatic rings. The van der Waals surface area contributed by atoms with Crippen LogP contribution in [0, 0.1) is 0 Å². The third-order valence-electron chi connectivity index (χ3n) is 1.98. The normalized spacial score (nSPS) is 21.0. The fourth-order valence-electron chi connectivity index (χ4n) is 1.32. The minimum atomic E-state index is -0.254. The lowest BCUT2D eigenvalue weighted by molar-refractivity contribution is -0.109. The molecule has 2 N–H and O–H groups in total. The topological polar surface area (TPSA) is 41.1 Å². The summed E-state index contributed by atoms with van der Waals surface area (Å²) in [6.45, 7) is 5.97. The van der Waals surface area contributed by atoms with Crippen LogP contribution in [0.25, 0.3) is 0 Å². The van der Waals surface area contributed by atoms with Gasteiger partial charge in [-0.1, -0.05) is 0 Å². The number of carbonyl (C=O) groups is 1. The Morgan fingerprint density at radius 3 is 2.18 bits per heavy atom. The zero-order valence-electron chi connectivity index (χ0n) is 7.19. The van der Waals surface area contributed by atoms with E-state index >= 15 is 0 Å². The van der Waals surface area contributed by atoms with Gasteiger partial charge in [-0.25, -0.2) is 0 Å². The second kappa shape index (κ2) is 2.57. The first kappa shape index (κ1) is 8.11. The Hall–Kier alpha value is -0.990. The maximum absolute atomic E-state index is 10.3. The molecule has 0 saturated heterocycles. The number of hydrogen-bond acceptors (Lipinski definition) is 3. The van der Waals surface area contributed by atoms with Gasteiger partial charge in [-0.05, 0) is 20.8 Å². The molecule has 0 aromatic heterocycles. The van der Waals surface area contributed by atoms with E-state index in [1.54, 1.807) is 0 Å². The number of carbonyl (C=O) groups excluding carboxylic acids is 1. The van der Waals surface area contributed by atoms with E-state index in [1.807, 2.05) is 20.8 Å². The molecule has 0 spiro atoms. The maximum Gasteiger partial charge on any atom is 0.124 e. The molecule has 0 bridgehead atoms. The van der Waals surface area contributed by atoms with Crippen molar-refractivity contribution in [2.24, 2.45) is 0 Å². The van der Waals surface area contributed by atoms with Crippen LogP contribution in [0.2, 0.25) is 0 Å². The van der Waals surface area contributed by atoms with E-state index in [4.69, 9.17) is 0 Å². The standard InChI is InChI=1S/C8H14N2O/c1-6-7(2)10-8(3,9-6)4-5-11/h5,9-10H,4H2,1-3H3. The Morgan fingerprint density at radius 1 is 1.36 bits per heavy atom. The lowest BCUT2D eigenvalue weighted by atomic mass is 10.1. The highest BCUT2D eigenvalue weighted by Gasteiger charge is 2.28. The van der Waals surface area contributed by atoms with Crippen LogP contribution in [0.15, 0.2) is 11.4 Å². The van der Waals surface area contributed by atoms with Gasteiger partial charge in [0.15, 0.2) is 0 Å². The van der Waals surface area contributed by atoms with Crippen LogP contribution in [0.1, 0.15) is 27.2 Å². The van der Waals surface area contributed by atoms with Gasteiger partial charge in [0.25, 0.3) is 0 Å². The zero-order valence-corrected chi connectivity index (χ0v) is 7.19. The average Bonchev–Trinajstić information content (AvgIpc) is 2.08. The fraction of sp³-hybridized carbons (Fsp3) is 0.625. The molecule has 0 saturated carbocycles. The minimum Gasteiger partial charge on any atom is -0.365 e. The van der Waals surface area contributed by atoms with Crippen molar-refractivity contribution in [1.82, 2.24) is 10.6 Å². The molecule has 0 atom stereocenters. The molecular formula is C8H14N2O. The quantitative estimate of drug-likeness (QED) is 0.576. The summed E-state index contributed by atoms with van der Waals surface area (Å²) in [5.74, 6) is 0. The van der Waals surface area contributed by atoms with E-state index in [2.05, 4.69) is 10.6 Å². The Balaban J connectivity index is 2.64. The first-order valence-electron chi connectivity index (χ1n) is 3.75. The zero-order chi connectivity index (χ0) is 8.48. The van der Waals surface area contributed by atoms with Crippen molar-refractivity contribution in [2.75, 3.05) is 0 Å². The first-order valence-corrected chi connectivity index (χ1v) is 3.75. The number of aldehydes is 1. The Bertz CT molecular complexity index is 194. The highest BCUT2D eigenvalue weighted by Crippen LogP contribution is 2.17. The van der Waals surface area contributed by atoms with Crippen LogP contribution < -0.4 is 10.6 Å². The summed E-state index contributed by atoms with van der Waals surface area (Å²) < 4.78 is 0. The van der Waals surface area contributed by atoms with E-state index < -0.39 is 0 Å². The van der Waals surface area contributed by atoms with Crippen molar-refractivity contribution in [3.63, 3.8) is 0 Å². The molecular weight excluding hydrogens is 140 g/mol. The molecule has 1 heterocycles. The molecule has 1 aliphatic rings. The summed E-state index contributed by atoms with van der Waals surface area (Å²) in [5, 5.41) is 6.44. The predicted molar refractivity (Wildman–Crippen MR) is 43.7 cm³/mol. The van der Waals surface area contributed by atoms with Crippen LogP contribution >= 0.6 is 0 Å². The van der Waals surface area contributed by atoms with Crippen LogP contribution in [-0.2, 0) is 4.79 Å². The summed E-state index contributed by atoms with van der Waals surface area (Å²) in [5.41, 5.74) is 1.99. The van der Waals surface area contributed by atoms with Gasteiger partial charge in [0.05, 0.1) is 0 Å². The van der Waals surface area contributed by atoms with Crippen molar-refractivity contribution < 1.29 is 4.79 Å². The molecule has 0 amide bonds. The largest absolute Gasteiger partial charge is 0.365 e. The molecule has 0 radical (unpaired) electrons. The van der Waals surface area contributed by atoms with Crippen molar-refractivity contribution in [3.05, 3.63) is 11.4 Å². The number of rotatable bonds is 2. The summed E-state index contributed by atoms with van der Waals surface area (Å²) in [4.78, 5) is 10.3. The van der Waals surface area contributed by atoms with Gasteiger partial charge in [0.1, 0.15) is 11.9 Å². The summed E-state index contributed by atoms with van der Waals surface area (Å²) >= 11 is 0. The van der Waals surface area contributed by atoms with Crippen molar-refractivity contribution in [3.8, 4) is 0 Å². The number of hydrogen-bond donors (Lipinski definition) is 2. The van der Waals surface area contributed by atoms with E-state index in [-0.39, 0.29) is 5.66 Å². The van der Waals surface area contributed by atoms with Crippen LogP contribution in [0.5, 0.6) is 0 Å². The Morgan fingerprint density at radius 2 is 1.82 bits per heavy atom. The van der Waals surface area contributed by atoms with Crippen LogP contribution in [0.3, 0.4) is 0 Å². The third-order valence-corrected chi connectivity index (χ3v) is 1.98. The number of nitrogens with one attached hydrogen (secondary N) is 2. The minimum absolute atomic E-state index is 0.254. The second-order valence-electron chi connectivity index (χ2n) is 3.20. The second-order valence-corrected chi connectivity index (χ2v) is 3.20. The predicted octanol–water partition coefficient (Wildman–Crippen LogP) is 0.736. The highest BCUT2D eigenvalue weighted by atomic mass is 16.1. The smallest absolute Gasteiger partial charge is 0.124 e. The molecule has 3 nitrogen and oxygen atoms in total. The van der Waals surface area contributed by atoms with Gasteiger partial charge in [-0.15, -0.1) is 0 Å². The molecule has 0 aromatic carbocycles. The van der Waals surface area contributed by atoms with Crippen LogP contribution in [0.4, 0.5) is 0 Å². The summed E-state index contributed by atoms with van der Waals surface area (Å²) in [6, 6.07) is 0. The maximum atomic E-state index is 10.3. The first-order chi connectivity index (χ1) is 5.07. The lowest BCUT2D eigenvalue weighted by Crippen LogP contribution is -2.47. The highest BCUT2D eigenvalue weighted by molar-refractivity contribution is 5.52. The van der Waals surface area contributed by atoms with Gasteiger partial charge in [-0.3, -0.25) is 0 Å². The monoisotopic (exact) mass is 154 g/mol. The van der Waals surface area contributed by atoms with E-state index in [0.29, 0.717) is 6.42 Å². The van der Waals surface area contributed by atoms with E-state index in [9.17, 15) is 4.79 Å². The van der Waals surface area contributed by atoms with E-state index in [1.165, 1.54) is 0 Å². The van der Waals surface area contributed by atoms with Crippen molar-refractivity contribution in [1.29, 1.82) is 0 Å². The lowest BCUT2D eigenvalue weighted by Gasteiger charge is -2.24. The van der Waals surface area contributed by atoms with Crippen LogP contribution in [-0.4, -0.2) is 11.9 Å². The summed E-state index contributed by atoms with van der Waals surface area (Å²) in [6.07, 6.45) is 1.41. The molecule has 62 valence electrons. The molecule has 11 heavy (non-hydrogen) atoms. The van der Waals surface area contributed by atoms with Gasteiger partial charge in [0.2, 0.25) is 0 Å². The molecule has 1 rings (SSSR count). The Kier molecular flexibility index (Phi) is 1.89. The average molecular weight is 154 g/mol. The Labute approximate surface area is 66.9 Å². The van der Waals surface area contributed by atoms with Crippen molar-refractivity contribution in [2.45, 2.75) is 32.9 Å². The van der Waals surface area contributed by atoms with Gasteiger partial charge < -0.3 is 15.4 Å². The SMILES string of the molecule is CC1=C(C)NC(C)(CC=O)N1. The molecule has 0 aliphatic carbocycles. The molecule has 3 heteroatoms. The molecule has 0 unspecified atom stereocenters. The van der Waals surface area contributed by atoms with Gasteiger partial charge in [-0.2, -0.15) is 0 Å². The van der Waals surface area contributed by atoms with Gasteiger partial charge in [0, 0.05) is 17.8 Å². The van der Waals surface area contributed by atoms with Gasteiger partial charge >= 0.3 is 0 Å². The third kappa shape index (κ3) is 1.53. The molecule has 0 fully saturated rings. The van der Waals surface area contributed by atoms with E-state index in [0.717, 1.165) is 17.7 Å². The fourth-order valence-corrected chi connectivity index (χ4v) is 1.32.